The highest BCUT2D eigenvalue weighted by Gasteiger charge is 2.42. The average molecular weight is 387 g/mol. The van der Waals surface area contributed by atoms with Crippen LogP contribution in [0.5, 0.6) is 0 Å². The maximum Gasteiger partial charge on any atom is 0.405 e. The van der Waals surface area contributed by atoms with E-state index in [1.807, 2.05) is 0 Å². The molecule has 7 nitrogen and oxygen atoms in total. The van der Waals surface area contributed by atoms with Crippen LogP contribution in [0, 0.1) is 12.3 Å². The van der Waals surface area contributed by atoms with Crippen molar-refractivity contribution in [2.45, 2.75) is 26.4 Å². The molecule has 0 aromatic heterocycles. The van der Waals surface area contributed by atoms with Crippen LogP contribution >= 0.6 is 0 Å². The molecule has 0 saturated carbocycles. The molecule has 148 valence electrons. The minimum absolute atomic E-state index is 0.0306. The van der Waals surface area contributed by atoms with E-state index in [2.05, 4.69) is 5.32 Å². The van der Waals surface area contributed by atoms with Crippen LogP contribution in [0.25, 0.3) is 0 Å². The third-order valence-electron chi connectivity index (χ3n) is 4.47. The van der Waals surface area contributed by atoms with E-state index in [1.165, 1.54) is 23.1 Å². The van der Waals surface area contributed by atoms with Crippen LogP contribution in [-0.2, 0) is 4.79 Å². The smallest absolute Gasteiger partial charge is 0.405 e. The first-order valence-electron chi connectivity index (χ1n) is 8.16. The fraction of sp³-hybridized carbons (Fsp3) is 0.471. The molecule has 1 saturated heterocycles. The van der Waals surface area contributed by atoms with Gasteiger partial charge in [-0.2, -0.15) is 13.2 Å². The first kappa shape index (κ1) is 20.5. The molecule has 1 fully saturated rings. The van der Waals surface area contributed by atoms with E-state index < -0.39 is 36.0 Å². The summed E-state index contributed by atoms with van der Waals surface area (Å²) in [6.45, 7) is 2.07. The van der Waals surface area contributed by atoms with E-state index in [0.717, 1.165) is 0 Å². The van der Waals surface area contributed by atoms with E-state index in [1.54, 1.807) is 19.2 Å². The minimum Gasteiger partial charge on any atom is -0.481 e. The molecule has 1 aromatic rings. The van der Waals surface area contributed by atoms with Gasteiger partial charge in [0.2, 0.25) is 0 Å². The van der Waals surface area contributed by atoms with Gasteiger partial charge in [0.15, 0.2) is 0 Å². The number of benzene rings is 1. The molecule has 3 amide bonds. The molecule has 1 aliphatic heterocycles. The van der Waals surface area contributed by atoms with Gasteiger partial charge < -0.3 is 20.6 Å². The molecular formula is C17H20F3N3O4. The zero-order chi connectivity index (χ0) is 20.4. The lowest BCUT2D eigenvalue weighted by atomic mass is 9.90. The Morgan fingerprint density at radius 3 is 2.52 bits per heavy atom. The summed E-state index contributed by atoms with van der Waals surface area (Å²) in [4.78, 5) is 36.9. The largest absolute Gasteiger partial charge is 0.481 e. The number of likely N-dealkylation sites (tertiary alicyclic amines) is 1. The molecule has 1 atom stereocenters. The van der Waals surface area contributed by atoms with Gasteiger partial charge in [-0.3, -0.25) is 9.59 Å². The van der Waals surface area contributed by atoms with Gasteiger partial charge in [-0.15, -0.1) is 0 Å². The highest BCUT2D eigenvalue weighted by molar-refractivity contribution is 5.97. The van der Waals surface area contributed by atoms with Crippen LogP contribution < -0.4 is 10.6 Å². The molecule has 0 bridgehead atoms. The average Bonchev–Trinajstić information content (AvgIpc) is 2.98. The number of hydrogen-bond acceptors (Lipinski definition) is 3. The highest BCUT2D eigenvalue weighted by Crippen LogP contribution is 2.30. The van der Waals surface area contributed by atoms with Crippen LogP contribution in [0.4, 0.5) is 23.7 Å². The van der Waals surface area contributed by atoms with Gasteiger partial charge >= 0.3 is 18.2 Å². The van der Waals surface area contributed by atoms with Gasteiger partial charge in [0, 0.05) is 24.3 Å². The summed E-state index contributed by atoms with van der Waals surface area (Å²) < 4.78 is 36.7. The molecule has 1 aliphatic rings. The van der Waals surface area contributed by atoms with Crippen LogP contribution in [-0.4, -0.2) is 53.7 Å². The van der Waals surface area contributed by atoms with Gasteiger partial charge in [0.05, 0.1) is 5.41 Å². The normalized spacial score (nSPS) is 19.7. The van der Waals surface area contributed by atoms with Gasteiger partial charge in [-0.1, -0.05) is 6.07 Å². The van der Waals surface area contributed by atoms with Gasteiger partial charge in [-0.05, 0) is 38.0 Å². The Balaban J connectivity index is 2.07. The van der Waals surface area contributed by atoms with Crippen LogP contribution in [0.1, 0.15) is 29.3 Å². The second-order valence-electron chi connectivity index (χ2n) is 6.80. The topological polar surface area (TPSA) is 98.7 Å². The quantitative estimate of drug-likeness (QED) is 0.740. The van der Waals surface area contributed by atoms with E-state index in [-0.39, 0.29) is 24.3 Å². The van der Waals surface area contributed by atoms with Crippen molar-refractivity contribution in [2.75, 3.05) is 25.0 Å². The Kier molecular flexibility index (Phi) is 5.67. The molecule has 2 rings (SSSR count). The first-order chi connectivity index (χ1) is 12.4. The zero-order valence-corrected chi connectivity index (χ0v) is 14.8. The molecule has 1 unspecified atom stereocenters. The Labute approximate surface area is 153 Å². The van der Waals surface area contributed by atoms with Crippen LogP contribution in [0.15, 0.2) is 18.2 Å². The van der Waals surface area contributed by atoms with Crippen molar-refractivity contribution in [2.24, 2.45) is 5.41 Å². The predicted octanol–water partition coefficient (Wildman–Crippen LogP) is 2.62. The monoisotopic (exact) mass is 387 g/mol. The van der Waals surface area contributed by atoms with Crippen molar-refractivity contribution in [3.63, 3.8) is 0 Å². The standard InChI is InChI=1S/C17H20F3N3O4/c1-10-3-4-11(13(24)21-8-17(18,19)20)7-12(10)22-15(27)23-6-5-16(2,9-23)14(25)26/h3-4,7H,5-6,8-9H2,1-2H3,(H,21,24)(H,22,27)(H,25,26). The number of carboxylic acids is 1. The minimum atomic E-state index is -4.52. The first-order valence-corrected chi connectivity index (χ1v) is 8.16. The van der Waals surface area contributed by atoms with Crippen molar-refractivity contribution >= 4 is 23.6 Å². The summed E-state index contributed by atoms with van der Waals surface area (Å²) in [7, 11) is 0. The lowest BCUT2D eigenvalue weighted by Crippen LogP contribution is -2.37. The number of aryl methyl sites for hydroxylation is 1. The van der Waals surface area contributed by atoms with Crippen molar-refractivity contribution < 1.29 is 32.7 Å². The number of nitrogens with one attached hydrogen (secondary N) is 2. The van der Waals surface area contributed by atoms with Crippen molar-refractivity contribution in [3.05, 3.63) is 29.3 Å². The molecule has 1 aromatic carbocycles. The number of aliphatic carboxylic acids is 1. The molecule has 27 heavy (non-hydrogen) atoms. The number of amides is 3. The van der Waals surface area contributed by atoms with Gasteiger partial charge in [-0.25, -0.2) is 4.79 Å². The number of carboxylic acid groups (broad SMARTS) is 1. The van der Waals surface area contributed by atoms with E-state index in [0.29, 0.717) is 12.0 Å². The number of halogens is 3. The van der Waals surface area contributed by atoms with Gasteiger partial charge in [0.25, 0.3) is 5.91 Å². The molecular weight excluding hydrogens is 367 g/mol. The SMILES string of the molecule is Cc1ccc(C(=O)NCC(F)(F)F)cc1NC(=O)N1CCC(C)(C(=O)O)C1. The summed E-state index contributed by atoms with van der Waals surface area (Å²) in [5.74, 6) is -1.90. The molecule has 0 radical (unpaired) electrons. The molecule has 10 heteroatoms. The number of nitrogens with zero attached hydrogens (tertiary/aromatic N) is 1. The third-order valence-corrected chi connectivity index (χ3v) is 4.47. The fourth-order valence-corrected chi connectivity index (χ4v) is 2.68. The number of alkyl halides is 3. The third kappa shape index (κ3) is 5.11. The number of rotatable bonds is 4. The molecule has 0 aliphatic carbocycles. The molecule has 1 heterocycles. The molecule has 0 spiro atoms. The second-order valence-corrected chi connectivity index (χ2v) is 6.80. The molecule has 3 N–H and O–H groups in total. The second kappa shape index (κ2) is 7.45. The summed E-state index contributed by atoms with van der Waals surface area (Å²) >= 11 is 0. The maximum atomic E-state index is 12.4. The Morgan fingerprint density at radius 1 is 1.30 bits per heavy atom. The lowest BCUT2D eigenvalue weighted by molar-refractivity contribution is -0.147. The van der Waals surface area contributed by atoms with E-state index >= 15 is 0 Å². The summed E-state index contributed by atoms with van der Waals surface area (Å²) in [6, 6.07) is 3.61. The van der Waals surface area contributed by atoms with E-state index in [9.17, 15) is 32.7 Å². The Hall–Kier alpha value is -2.78. The Bertz CT molecular complexity index is 766. The van der Waals surface area contributed by atoms with Gasteiger partial charge in [0.1, 0.15) is 6.54 Å². The van der Waals surface area contributed by atoms with Crippen molar-refractivity contribution in [1.29, 1.82) is 0 Å². The predicted molar refractivity (Wildman–Crippen MR) is 90.5 cm³/mol. The number of hydrogen-bond donors (Lipinski definition) is 3. The van der Waals surface area contributed by atoms with Crippen molar-refractivity contribution in [3.8, 4) is 0 Å². The van der Waals surface area contributed by atoms with Crippen LogP contribution in [0.2, 0.25) is 0 Å². The maximum absolute atomic E-state index is 12.4. The summed E-state index contributed by atoms with van der Waals surface area (Å²) in [5, 5.41) is 13.6. The van der Waals surface area contributed by atoms with Crippen molar-refractivity contribution in [1.82, 2.24) is 10.2 Å². The van der Waals surface area contributed by atoms with Crippen LogP contribution in [0.3, 0.4) is 0 Å². The lowest BCUT2D eigenvalue weighted by Gasteiger charge is -2.21. The number of anilines is 1. The summed E-state index contributed by atoms with van der Waals surface area (Å²) in [5.41, 5.74) is -0.178. The highest BCUT2D eigenvalue weighted by atomic mass is 19.4. The number of urea groups is 1. The van der Waals surface area contributed by atoms with E-state index in [4.69, 9.17) is 0 Å². The number of carbonyl (C=O) groups excluding carboxylic acids is 2. The fourth-order valence-electron chi connectivity index (χ4n) is 2.68. The zero-order valence-electron chi connectivity index (χ0n) is 14.8. The summed E-state index contributed by atoms with van der Waals surface area (Å²) in [6.07, 6.45) is -4.21. The Morgan fingerprint density at radius 2 is 1.96 bits per heavy atom. The number of carbonyl (C=O) groups is 3.